The molecular formula is C8H9BrN4S. The predicted molar refractivity (Wildman–Crippen MR) is 60.8 cm³/mol. The SMILES string of the molecule is Cc1nn(-c2ncc(N)s2)c(C)c1Br. The molecule has 2 aromatic heterocycles. The summed E-state index contributed by atoms with van der Waals surface area (Å²) in [5, 5.41) is 5.85. The van der Waals surface area contributed by atoms with E-state index in [4.69, 9.17) is 5.73 Å². The molecule has 0 bridgehead atoms. The van der Waals surface area contributed by atoms with Crippen molar-refractivity contribution in [3.8, 4) is 5.13 Å². The molecule has 4 nitrogen and oxygen atoms in total. The molecule has 2 N–H and O–H groups in total. The fraction of sp³-hybridized carbons (Fsp3) is 0.250. The summed E-state index contributed by atoms with van der Waals surface area (Å²) < 4.78 is 2.81. The quantitative estimate of drug-likeness (QED) is 0.867. The second kappa shape index (κ2) is 3.36. The number of aromatic nitrogens is 3. The highest BCUT2D eigenvalue weighted by molar-refractivity contribution is 9.10. The van der Waals surface area contributed by atoms with Crippen molar-refractivity contribution in [3.63, 3.8) is 0 Å². The molecule has 0 aliphatic heterocycles. The number of halogens is 1. The molecule has 0 unspecified atom stereocenters. The van der Waals surface area contributed by atoms with E-state index in [0.29, 0.717) is 5.00 Å². The molecule has 0 amide bonds. The highest BCUT2D eigenvalue weighted by Gasteiger charge is 2.12. The summed E-state index contributed by atoms with van der Waals surface area (Å²) >= 11 is 4.89. The summed E-state index contributed by atoms with van der Waals surface area (Å²) in [6, 6.07) is 0. The van der Waals surface area contributed by atoms with Crippen LogP contribution in [0.1, 0.15) is 11.4 Å². The highest BCUT2D eigenvalue weighted by Crippen LogP contribution is 2.25. The maximum absolute atomic E-state index is 5.61. The first-order valence-electron chi connectivity index (χ1n) is 4.03. The standard InChI is InChI=1S/C8H9BrN4S/c1-4-7(9)5(2)13(12-4)8-11-3-6(10)14-8/h3H,10H2,1-2H3. The molecule has 2 aromatic rings. The Bertz CT molecular complexity index is 474. The average Bonchev–Trinajstić information content (AvgIpc) is 2.66. The predicted octanol–water partition coefficient (Wildman–Crippen LogP) is 2.29. The Morgan fingerprint density at radius 3 is 2.64 bits per heavy atom. The van der Waals surface area contributed by atoms with Crippen molar-refractivity contribution >= 4 is 32.3 Å². The number of aryl methyl sites for hydroxylation is 1. The molecule has 74 valence electrons. The lowest BCUT2D eigenvalue weighted by Crippen LogP contribution is -1.97. The van der Waals surface area contributed by atoms with Gasteiger partial charge in [-0.25, -0.2) is 9.67 Å². The molecular weight excluding hydrogens is 264 g/mol. The van der Waals surface area contributed by atoms with Gasteiger partial charge in [-0.05, 0) is 29.8 Å². The van der Waals surface area contributed by atoms with E-state index in [1.54, 1.807) is 10.9 Å². The van der Waals surface area contributed by atoms with Gasteiger partial charge in [-0.3, -0.25) is 0 Å². The van der Waals surface area contributed by atoms with Crippen LogP contribution >= 0.6 is 27.3 Å². The van der Waals surface area contributed by atoms with Gasteiger partial charge in [-0.1, -0.05) is 11.3 Å². The van der Waals surface area contributed by atoms with Crippen molar-refractivity contribution in [2.45, 2.75) is 13.8 Å². The summed E-state index contributed by atoms with van der Waals surface area (Å²) in [7, 11) is 0. The molecule has 0 fully saturated rings. The number of nitrogens with zero attached hydrogens (tertiary/aromatic N) is 3. The fourth-order valence-corrected chi connectivity index (χ4v) is 2.12. The van der Waals surface area contributed by atoms with Gasteiger partial charge >= 0.3 is 0 Å². The van der Waals surface area contributed by atoms with Crippen LogP contribution in [-0.4, -0.2) is 14.8 Å². The Labute approximate surface area is 93.9 Å². The zero-order valence-electron chi connectivity index (χ0n) is 7.78. The number of anilines is 1. The van der Waals surface area contributed by atoms with Crippen LogP contribution in [0.3, 0.4) is 0 Å². The minimum atomic E-state index is 0.698. The molecule has 6 heteroatoms. The number of hydrogen-bond acceptors (Lipinski definition) is 4. The maximum atomic E-state index is 5.61. The summed E-state index contributed by atoms with van der Waals surface area (Å²) in [4.78, 5) is 4.17. The summed E-state index contributed by atoms with van der Waals surface area (Å²) in [6.07, 6.45) is 1.64. The number of nitrogen functional groups attached to an aromatic ring is 1. The molecule has 0 aliphatic rings. The van der Waals surface area contributed by atoms with E-state index < -0.39 is 0 Å². The molecule has 0 saturated carbocycles. The van der Waals surface area contributed by atoms with E-state index in [1.807, 2.05) is 13.8 Å². The summed E-state index contributed by atoms with van der Waals surface area (Å²) in [5.41, 5.74) is 7.61. The first-order valence-corrected chi connectivity index (χ1v) is 5.64. The zero-order chi connectivity index (χ0) is 10.3. The van der Waals surface area contributed by atoms with Crippen molar-refractivity contribution < 1.29 is 0 Å². The number of hydrogen-bond donors (Lipinski definition) is 1. The van der Waals surface area contributed by atoms with Crippen molar-refractivity contribution in [1.82, 2.24) is 14.8 Å². The Balaban J connectivity index is 2.57. The van der Waals surface area contributed by atoms with Crippen molar-refractivity contribution in [2.24, 2.45) is 0 Å². The van der Waals surface area contributed by atoms with Gasteiger partial charge in [0.1, 0.15) is 5.00 Å². The molecule has 14 heavy (non-hydrogen) atoms. The minimum Gasteiger partial charge on any atom is -0.389 e. The second-order valence-electron chi connectivity index (χ2n) is 2.94. The van der Waals surface area contributed by atoms with E-state index in [9.17, 15) is 0 Å². The van der Waals surface area contributed by atoms with E-state index in [2.05, 4.69) is 26.0 Å². The van der Waals surface area contributed by atoms with Gasteiger partial charge in [-0.15, -0.1) is 0 Å². The summed E-state index contributed by atoms with van der Waals surface area (Å²) in [6.45, 7) is 3.94. The molecule has 0 atom stereocenters. The Kier molecular flexibility index (Phi) is 2.32. The summed E-state index contributed by atoms with van der Waals surface area (Å²) in [5.74, 6) is 0. The third-order valence-corrected chi connectivity index (χ3v) is 3.85. The number of nitrogens with two attached hydrogens (primary N) is 1. The Morgan fingerprint density at radius 1 is 1.50 bits per heavy atom. The third-order valence-electron chi connectivity index (χ3n) is 1.90. The largest absolute Gasteiger partial charge is 0.389 e. The zero-order valence-corrected chi connectivity index (χ0v) is 10.2. The van der Waals surface area contributed by atoms with Crippen LogP contribution in [0.5, 0.6) is 0 Å². The first-order chi connectivity index (χ1) is 6.59. The second-order valence-corrected chi connectivity index (χ2v) is 4.78. The van der Waals surface area contributed by atoms with Gasteiger partial charge in [0, 0.05) is 0 Å². The van der Waals surface area contributed by atoms with Gasteiger partial charge in [0.05, 0.1) is 22.1 Å². The molecule has 0 spiro atoms. The monoisotopic (exact) mass is 272 g/mol. The average molecular weight is 273 g/mol. The van der Waals surface area contributed by atoms with Crippen LogP contribution < -0.4 is 5.73 Å². The lowest BCUT2D eigenvalue weighted by atomic mass is 10.4. The van der Waals surface area contributed by atoms with E-state index in [-0.39, 0.29) is 0 Å². The lowest BCUT2D eigenvalue weighted by Gasteiger charge is -1.97. The molecule has 2 heterocycles. The van der Waals surface area contributed by atoms with E-state index >= 15 is 0 Å². The van der Waals surface area contributed by atoms with Crippen LogP contribution in [0.25, 0.3) is 5.13 Å². The minimum absolute atomic E-state index is 0.698. The molecule has 0 saturated heterocycles. The molecule has 2 rings (SSSR count). The van der Waals surface area contributed by atoms with Crippen LogP contribution in [0.4, 0.5) is 5.00 Å². The van der Waals surface area contributed by atoms with E-state index in [0.717, 1.165) is 21.0 Å². The van der Waals surface area contributed by atoms with Gasteiger partial charge in [0.25, 0.3) is 0 Å². The number of thiazole rings is 1. The van der Waals surface area contributed by atoms with Crippen LogP contribution in [0.15, 0.2) is 10.7 Å². The molecule has 0 aromatic carbocycles. The Hall–Kier alpha value is -0.880. The van der Waals surface area contributed by atoms with Crippen molar-refractivity contribution in [1.29, 1.82) is 0 Å². The first kappa shape index (κ1) is 9.67. The molecule has 0 radical (unpaired) electrons. The van der Waals surface area contributed by atoms with Crippen LogP contribution in [0, 0.1) is 13.8 Å². The lowest BCUT2D eigenvalue weighted by molar-refractivity contribution is 0.825. The van der Waals surface area contributed by atoms with Gasteiger partial charge in [0.15, 0.2) is 0 Å². The van der Waals surface area contributed by atoms with Crippen molar-refractivity contribution in [3.05, 3.63) is 22.1 Å². The van der Waals surface area contributed by atoms with Crippen LogP contribution in [0.2, 0.25) is 0 Å². The number of rotatable bonds is 1. The van der Waals surface area contributed by atoms with Crippen LogP contribution in [-0.2, 0) is 0 Å². The molecule has 0 aliphatic carbocycles. The Morgan fingerprint density at radius 2 is 2.21 bits per heavy atom. The van der Waals surface area contributed by atoms with Gasteiger partial charge < -0.3 is 5.73 Å². The smallest absolute Gasteiger partial charge is 0.212 e. The normalized spacial score (nSPS) is 10.8. The van der Waals surface area contributed by atoms with Gasteiger partial charge in [0.2, 0.25) is 5.13 Å². The van der Waals surface area contributed by atoms with Gasteiger partial charge in [-0.2, -0.15) is 5.10 Å². The fourth-order valence-electron chi connectivity index (χ4n) is 1.18. The maximum Gasteiger partial charge on any atom is 0.212 e. The van der Waals surface area contributed by atoms with E-state index in [1.165, 1.54) is 11.3 Å². The highest BCUT2D eigenvalue weighted by atomic mass is 79.9. The third kappa shape index (κ3) is 1.44. The topological polar surface area (TPSA) is 56.7 Å². The van der Waals surface area contributed by atoms with Crippen molar-refractivity contribution in [2.75, 3.05) is 5.73 Å².